The summed E-state index contributed by atoms with van der Waals surface area (Å²) in [5, 5.41) is 14.4. The first-order valence-electron chi connectivity index (χ1n) is 14.3. The van der Waals surface area contributed by atoms with Crippen molar-refractivity contribution < 1.29 is 19.5 Å². The molecule has 240 valence electrons. The Bertz CT molecular complexity index is 1700. The maximum Gasteiger partial charge on any atom is 0.328 e. The van der Waals surface area contributed by atoms with E-state index >= 15 is 0 Å². The van der Waals surface area contributed by atoms with Crippen molar-refractivity contribution >= 4 is 57.8 Å². The fourth-order valence-electron chi connectivity index (χ4n) is 4.68. The molecule has 4 rings (SSSR count). The summed E-state index contributed by atoms with van der Waals surface area (Å²) in [6, 6.07) is 2.26. The third kappa shape index (κ3) is 8.21. The average molecular weight is 639 g/mol. The highest BCUT2D eigenvalue weighted by atomic mass is 32.1. The lowest BCUT2D eigenvalue weighted by Gasteiger charge is -2.37. The number of nitrogens with zero attached hydrogens (tertiary/aromatic N) is 6. The fraction of sp³-hybridized carbons (Fsp3) is 0.414. The molecule has 0 aromatic carbocycles. The van der Waals surface area contributed by atoms with E-state index in [1.807, 2.05) is 31.1 Å². The third-order valence-corrected chi connectivity index (χ3v) is 7.93. The first-order chi connectivity index (χ1) is 21.2. The number of carbonyl (C=O) groups is 3. The van der Waals surface area contributed by atoms with E-state index in [4.69, 9.17) is 17.2 Å². The number of nitrogens with two attached hydrogens (primary N) is 3. The van der Waals surface area contributed by atoms with Gasteiger partial charge in [0.2, 0.25) is 5.91 Å². The summed E-state index contributed by atoms with van der Waals surface area (Å²) in [7, 11) is 0. The first kappa shape index (κ1) is 33.1. The Kier molecular flexibility index (Phi) is 10.2. The summed E-state index contributed by atoms with van der Waals surface area (Å²) in [6.45, 7) is 7.75. The molecule has 3 aromatic heterocycles. The Morgan fingerprint density at radius 2 is 1.89 bits per heavy atom. The number of guanidine groups is 1. The number of amides is 2. The number of carbonyl (C=O) groups excluding carboxylic acids is 2. The molecular weight excluding hydrogens is 600 g/mol. The molecule has 16 heteroatoms. The molecule has 15 nitrogen and oxygen atoms in total. The molecule has 1 saturated heterocycles. The van der Waals surface area contributed by atoms with Crippen molar-refractivity contribution in [3.8, 4) is 0 Å². The molecule has 0 aliphatic carbocycles. The molecular formula is C29H38N10O5S. The molecule has 1 fully saturated rings. The lowest BCUT2D eigenvalue weighted by molar-refractivity contribution is -0.133. The molecule has 2 amide bonds. The Labute approximate surface area is 263 Å². The second-order valence-corrected chi connectivity index (χ2v) is 12.4. The Hall–Kier alpha value is -4.83. The number of carboxylic acids is 1. The van der Waals surface area contributed by atoms with Gasteiger partial charge < -0.3 is 32.1 Å². The van der Waals surface area contributed by atoms with Gasteiger partial charge in [0.15, 0.2) is 11.1 Å². The second kappa shape index (κ2) is 13.9. The smallest absolute Gasteiger partial charge is 0.328 e. The van der Waals surface area contributed by atoms with Gasteiger partial charge in [0.1, 0.15) is 11.5 Å². The zero-order valence-electron chi connectivity index (χ0n) is 25.4. The quantitative estimate of drug-likeness (QED) is 0.0904. The number of piperazine rings is 1. The highest BCUT2D eigenvalue weighted by Gasteiger charge is 2.28. The van der Waals surface area contributed by atoms with Gasteiger partial charge >= 0.3 is 5.97 Å². The Balaban J connectivity index is 1.56. The van der Waals surface area contributed by atoms with Crippen LogP contribution in [0.2, 0.25) is 0 Å². The fourth-order valence-corrected chi connectivity index (χ4v) is 5.62. The monoisotopic (exact) mass is 638 g/mol. The number of nitrogens with one attached hydrogen (secondary N) is 1. The van der Waals surface area contributed by atoms with Crippen LogP contribution < -0.4 is 33.0 Å². The number of carboxylic acid groups (broad SMARTS) is 1. The summed E-state index contributed by atoms with van der Waals surface area (Å²) >= 11 is 1.32. The zero-order chi connectivity index (χ0) is 32.9. The van der Waals surface area contributed by atoms with Crippen molar-refractivity contribution in [1.82, 2.24) is 19.3 Å². The van der Waals surface area contributed by atoms with Crippen LogP contribution in [-0.2, 0) is 15.0 Å². The number of aromatic nitrogens is 3. The van der Waals surface area contributed by atoms with Gasteiger partial charge in [0, 0.05) is 61.4 Å². The second-order valence-electron chi connectivity index (χ2n) is 11.6. The van der Waals surface area contributed by atoms with Crippen LogP contribution in [0.4, 0.5) is 10.9 Å². The van der Waals surface area contributed by atoms with Crippen molar-refractivity contribution in [2.45, 2.75) is 45.1 Å². The summed E-state index contributed by atoms with van der Waals surface area (Å²) in [5.41, 5.74) is 17.5. The molecule has 0 radical (unpaired) electrons. The van der Waals surface area contributed by atoms with Crippen LogP contribution in [-0.4, -0.2) is 86.9 Å². The van der Waals surface area contributed by atoms with Crippen LogP contribution in [0.1, 0.15) is 55.2 Å². The van der Waals surface area contributed by atoms with Crippen molar-refractivity contribution in [1.29, 1.82) is 0 Å². The molecule has 3 aromatic rings. The maximum atomic E-state index is 13.5. The van der Waals surface area contributed by atoms with Crippen LogP contribution in [0.25, 0.3) is 11.7 Å². The topological polar surface area (TPSA) is 228 Å². The van der Waals surface area contributed by atoms with Gasteiger partial charge in [-0.05, 0) is 31.1 Å². The number of anilines is 2. The van der Waals surface area contributed by atoms with E-state index in [1.165, 1.54) is 40.1 Å². The van der Waals surface area contributed by atoms with Gasteiger partial charge in [-0.25, -0.2) is 14.8 Å². The van der Waals surface area contributed by atoms with Gasteiger partial charge in [-0.2, -0.15) is 0 Å². The van der Waals surface area contributed by atoms with E-state index in [-0.39, 0.29) is 39.9 Å². The summed E-state index contributed by atoms with van der Waals surface area (Å²) in [5.74, 6) is -1.62. The minimum absolute atomic E-state index is 0.0181. The van der Waals surface area contributed by atoms with Crippen molar-refractivity contribution in [2.75, 3.05) is 42.9 Å². The van der Waals surface area contributed by atoms with Gasteiger partial charge in [-0.1, -0.05) is 20.8 Å². The van der Waals surface area contributed by atoms with E-state index < -0.39 is 23.5 Å². The molecule has 0 spiro atoms. The van der Waals surface area contributed by atoms with Crippen molar-refractivity contribution in [2.24, 2.45) is 22.2 Å². The number of rotatable bonds is 10. The highest BCUT2D eigenvalue weighted by molar-refractivity contribution is 7.14. The number of aliphatic carboxylic acids is 1. The van der Waals surface area contributed by atoms with Gasteiger partial charge in [-0.15, -0.1) is 11.3 Å². The average Bonchev–Trinajstić information content (AvgIpc) is 3.47. The maximum absolute atomic E-state index is 13.5. The number of fused-ring (bicyclic) bond motifs is 1. The van der Waals surface area contributed by atoms with Crippen molar-refractivity contribution in [3.63, 3.8) is 0 Å². The molecule has 8 N–H and O–H groups in total. The Morgan fingerprint density at radius 1 is 1.18 bits per heavy atom. The minimum Gasteiger partial charge on any atom is -0.478 e. The molecule has 0 bridgehead atoms. The van der Waals surface area contributed by atoms with E-state index in [0.717, 1.165) is 11.8 Å². The lowest BCUT2D eigenvalue weighted by Crippen LogP contribution is -2.53. The molecule has 4 heterocycles. The number of hydrogen-bond acceptors (Lipinski definition) is 10. The van der Waals surface area contributed by atoms with Gasteiger partial charge in [-0.3, -0.25) is 29.1 Å². The molecule has 45 heavy (non-hydrogen) atoms. The predicted molar refractivity (Wildman–Crippen MR) is 174 cm³/mol. The number of pyridine rings is 1. The van der Waals surface area contributed by atoms with E-state index in [0.29, 0.717) is 50.7 Å². The molecule has 1 aliphatic heterocycles. The molecule has 1 aliphatic rings. The van der Waals surface area contributed by atoms with E-state index in [2.05, 4.69) is 20.3 Å². The molecule has 1 atom stereocenters. The summed E-state index contributed by atoms with van der Waals surface area (Å²) in [4.78, 5) is 67.4. The molecule has 0 saturated carbocycles. The van der Waals surface area contributed by atoms with Crippen LogP contribution in [0.3, 0.4) is 0 Å². The number of hydrogen-bond donors (Lipinski definition) is 5. The molecule has 0 unspecified atom stereocenters. The normalized spacial score (nSPS) is 14.5. The summed E-state index contributed by atoms with van der Waals surface area (Å²) in [6.07, 6.45) is 4.47. The van der Waals surface area contributed by atoms with Crippen LogP contribution in [0.15, 0.2) is 39.6 Å². The van der Waals surface area contributed by atoms with Gasteiger partial charge in [0.05, 0.1) is 17.3 Å². The van der Waals surface area contributed by atoms with E-state index in [9.17, 15) is 24.3 Å². The van der Waals surface area contributed by atoms with E-state index in [1.54, 1.807) is 4.90 Å². The Morgan fingerprint density at radius 3 is 2.51 bits per heavy atom. The lowest BCUT2D eigenvalue weighted by atomic mass is 9.93. The minimum atomic E-state index is -1.22. The number of aliphatic imine (C=N–C) groups is 1. The van der Waals surface area contributed by atoms with Crippen LogP contribution in [0, 0.1) is 0 Å². The third-order valence-electron chi connectivity index (χ3n) is 7.17. The zero-order valence-corrected chi connectivity index (χ0v) is 26.2. The SMILES string of the molecule is CC(C)(C)c1csc(NC(=O)c2ccn3c(=O)c(C=CC(=O)O)c(N4CCN(C(=O)[C@@H](N)CCCN=C(N)N)CC4)nc3c2)n1. The first-order valence-corrected chi connectivity index (χ1v) is 15.2. The summed E-state index contributed by atoms with van der Waals surface area (Å²) < 4.78 is 1.25. The van der Waals surface area contributed by atoms with Crippen molar-refractivity contribution in [3.05, 3.63) is 57.0 Å². The highest BCUT2D eigenvalue weighted by Crippen LogP contribution is 2.27. The standard InChI is InChI=1S/C29H38N10O5S/c1-29(2,3)20-16-45-28(34-20)36-24(42)17-8-10-39-21(15-17)35-23(18(25(39)43)6-7-22(40)41)37-11-13-38(14-12-37)26(44)19(30)5-4-9-33-27(31)32/h6-8,10,15-16,19H,4-5,9,11-14,30H2,1-3H3,(H,40,41)(H4,31,32,33)(H,34,36,42)/t19-/m0/s1. The van der Waals surface area contributed by atoms with Gasteiger partial charge in [0.25, 0.3) is 11.5 Å². The number of thiazole rings is 1. The van der Waals surface area contributed by atoms with Crippen LogP contribution >= 0.6 is 11.3 Å². The largest absolute Gasteiger partial charge is 0.478 e. The predicted octanol–water partition coefficient (Wildman–Crippen LogP) is 0.828. The van der Waals surface area contributed by atoms with Crippen LogP contribution in [0.5, 0.6) is 0 Å².